The van der Waals surface area contributed by atoms with Gasteiger partial charge in [-0.3, -0.25) is 0 Å². The molecule has 0 aliphatic heterocycles. The van der Waals surface area contributed by atoms with Gasteiger partial charge in [0.25, 0.3) is 0 Å². The minimum atomic E-state index is -0.884. The van der Waals surface area contributed by atoms with Gasteiger partial charge in [0.15, 0.2) is 11.6 Å². The zero-order valence-electron chi connectivity index (χ0n) is 20.0. The Morgan fingerprint density at radius 3 is 2.12 bits per heavy atom. The van der Waals surface area contributed by atoms with Crippen LogP contribution in [0.2, 0.25) is 0 Å². The number of halogens is 2. The van der Waals surface area contributed by atoms with Gasteiger partial charge in [0.2, 0.25) is 5.82 Å². The van der Waals surface area contributed by atoms with E-state index in [-0.39, 0.29) is 5.75 Å². The van der Waals surface area contributed by atoms with Crippen LogP contribution in [0.25, 0.3) is 11.1 Å². The van der Waals surface area contributed by atoms with E-state index in [2.05, 4.69) is 26.0 Å². The third kappa shape index (κ3) is 6.80. The number of hydrogen-bond donors (Lipinski definition) is 0. The lowest BCUT2D eigenvalue weighted by molar-refractivity contribution is 0.285. The fourth-order valence-electron chi connectivity index (χ4n) is 4.97. The SMILES string of the molecule is CCCCCCCOc1ccc(-c2ccc(C3CCC(CCCC)CC3)cc2)c(F)c1F. The van der Waals surface area contributed by atoms with E-state index in [1.165, 1.54) is 63.4 Å². The molecule has 2 aromatic rings. The third-order valence-electron chi connectivity index (χ3n) is 7.06. The third-order valence-corrected chi connectivity index (χ3v) is 7.06. The van der Waals surface area contributed by atoms with Crippen LogP contribution in [0, 0.1) is 17.6 Å². The molecular formula is C29H40F2O. The Balaban J connectivity index is 1.57. The van der Waals surface area contributed by atoms with Crippen LogP contribution in [0.15, 0.2) is 36.4 Å². The van der Waals surface area contributed by atoms with Crippen molar-refractivity contribution in [3.05, 3.63) is 53.6 Å². The highest BCUT2D eigenvalue weighted by Crippen LogP contribution is 2.38. The van der Waals surface area contributed by atoms with E-state index < -0.39 is 11.6 Å². The molecule has 0 heterocycles. The maximum absolute atomic E-state index is 14.8. The van der Waals surface area contributed by atoms with Gasteiger partial charge in [0, 0.05) is 5.56 Å². The van der Waals surface area contributed by atoms with E-state index >= 15 is 0 Å². The summed E-state index contributed by atoms with van der Waals surface area (Å²) in [5, 5.41) is 0. The average Bonchev–Trinajstić information content (AvgIpc) is 2.83. The molecule has 0 atom stereocenters. The van der Waals surface area contributed by atoms with Crippen molar-refractivity contribution in [2.45, 2.75) is 96.8 Å². The van der Waals surface area contributed by atoms with E-state index in [4.69, 9.17) is 4.74 Å². The maximum Gasteiger partial charge on any atom is 0.201 e. The summed E-state index contributed by atoms with van der Waals surface area (Å²) >= 11 is 0. The van der Waals surface area contributed by atoms with Crippen LogP contribution in [0.1, 0.15) is 102 Å². The predicted molar refractivity (Wildman–Crippen MR) is 130 cm³/mol. The molecule has 1 fully saturated rings. The lowest BCUT2D eigenvalue weighted by atomic mass is 9.77. The standard InChI is InChI=1S/C29H40F2O/c1-3-5-7-8-9-21-32-27-20-19-26(28(30)29(27)31)25-17-15-24(16-18-25)23-13-11-22(12-14-23)10-6-4-2/h15-20,22-23H,3-14,21H2,1-2H3. The molecule has 0 aromatic heterocycles. The average molecular weight is 443 g/mol. The van der Waals surface area contributed by atoms with Gasteiger partial charge < -0.3 is 4.74 Å². The molecule has 1 aliphatic rings. The summed E-state index contributed by atoms with van der Waals surface area (Å²) in [5.74, 6) is -0.211. The molecule has 2 aromatic carbocycles. The summed E-state index contributed by atoms with van der Waals surface area (Å²) in [5.41, 5.74) is 2.34. The Morgan fingerprint density at radius 1 is 0.750 bits per heavy atom. The largest absolute Gasteiger partial charge is 0.490 e. The minimum absolute atomic E-state index is 0.0122. The molecule has 0 saturated heterocycles. The van der Waals surface area contributed by atoms with Crippen LogP contribution in [0.5, 0.6) is 5.75 Å². The molecule has 3 heteroatoms. The molecule has 0 N–H and O–H groups in total. The summed E-state index contributed by atoms with van der Waals surface area (Å²) < 4.78 is 34.8. The smallest absolute Gasteiger partial charge is 0.201 e. The van der Waals surface area contributed by atoms with Crippen molar-refractivity contribution in [3.8, 4) is 16.9 Å². The first-order valence-corrected chi connectivity index (χ1v) is 12.8. The molecule has 0 bridgehead atoms. The first-order valence-electron chi connectivity index (χ1n) is 12.8. The van der Waals surface area contributed by atoms with Crippen LogP contribution in [0.3, 0.4) is 0 Å². The lowest BCUT2D eigenvalue weighted by Crippen LogP contribution is -2.13. The fraction of sp³-hybridized carbons (Fsp3) is 0.586. The Kier molecular flexibility index (Phi) is 10.0. The number of ether oxygens (including phenoxy) is 1. The maximum atomic E-state index is 14.8. The van der Waals surface area contributed by atoms with E-state index in [9.17, 15) is 8.78 Å². The summed E-state index contributed by atoms with van der Waals surface area (Å²) in [7, 11) is 0. The number of rotatable bonds is 12. The van der Waals surface area contributed by atoms with Crippen molar-refractivity contribution in [2.24, 2.45) is 5.92 Å². The molecule has 1 nitrogen and oxygen atoms in total. The van der Waals surface area contributed by atoms with Crippen molar-refractivity contribution in [1.82, 2.24) is 0 Å². The van der Waals surface area contributed by atoms with Crippen molar-refractivity contribution in [2.75, 3.05) is 6.61 Å². The Bertz CT molecular complexity index is 807. The van der Waals surface area contributed by atoms with Crippen molar-refractivity contribution < 1.29 is 13.5 Å². The second-order valence-electron chi connectivity index (χ2n) is 9.48. The van der Waals surface area contributed by atoms with E-state index in [0.717, 1.165) is 25.2 Å². The van der Waals surface area contributed by atoms with Gasteiger partial charge in [-0.15, -0.1) is 0 Å². The van der Waals surface area contributed by atoms with Crippen LogP contribution in [-0.4, -0.2) is 6.61 Å². The highest BCUT2D eigenvalue weighted by Gasteiger charge is 2.22. The summed E-state index contributed by atoms with van der Waals surface area (Å²) in [4.78, 5) is 0. The van der Waals surface area contributed by atoms with Gasteiger partial charge in [-0.1, -0.05) is 83.1 Å². The molecule has 0 radical (unpaired) electrons. The fourth-order valence-corrected chi connectivity index (χ4v) is 4.97. The number of benzene rings is 2. The van der Waals surface area contributed by atoms with Gasteiger partial charge in [0.05, 0.1) is 6.61 Å². The molecule has 1 saturated carbocycles. The number of hydrogen-bond acceptors (Lipinski definition) is 1. The van der Waals surface area contributed by atoms with Crippen LogP contribution >= 0.6 is 0 Å². The zero-order chi connectivity index (χ0) is 22.8. The van der Waals surface area contributed by atoms with E-state index in [1.54, 1.807) is 12.1 Å². The van der Waals surface area contributed by atoms with Gasteiger partial charge in [-0.05, 0) is 67.2 Å². The molecule has 3 rings (SSSR count). The highest BCUT2D eigenvalue weighted by molar-refractivity contribution is 5.65. The lowest BCUT2D eigenvalue weighted by Gasteiger charge is -2.29. The quantitative estimate of drug-likeness (QED) is 0.297. The van der Waals surface area contributed by atoms with Gasteiger partial charge >= 0.3 is 0 Å². The monoisotopic (exact) mass is 442 g/mol. The summed E-state index contributed by atoms with van der Waals surface area (Å²) in [6, 6.07) is 11.3. The minimum Gasteiger partial charge on any atom is -0.490 e. The Hall–Kier alpha value is -1.90. The van der Waals surface area contributed by atoms with Crippen molar-refractivity contribution in [1.29, 1.82) is 0 Å². The molecule has 176 valence electrons. The second-order valence-corrected chi connectivity index (χ2v) is 9.48. The first kappa shape index (κ1) is 24.7. The Morgan fingerprint density at radius 2 is 1.44 bits per heavy atom. The van der Waals surface area contributed by atoms with Crippen LogP contribution in [-0.2, 0) is 0 Å². The van der Waals surface area contributed by atoms with Crippen molar-refractivity contribution >= 4 is 0 Å². The summed E-state index contributed by atoms with van der Waals surface area (Å²) in [6.45, 7) is 4.86. The van der Waals surface area contributed by atoms with Crippen LogP contribution in [0.4, 0.5) is 8.78 Å². The highest BCUT2D eigenvalue weighted by atomic mass is 19.2. The van der Waals surface area contributed by atoms with Gasteiger partial charge in [-0.25, -0.2) is 4.39 Å². The van der Waals surface area contributed by atoms with Crippen molar-refractivity contribution in [3.63, 3.8) is 0 Å². The van der Waals surface area contributed by atoms with Gasteiger partial charge in [-0.2, -0.15) is 4.39 Å². The van der Waals surface area contributed by atoms with E-state index in [0.29, 0.717) is 23.7 Å². The zero-order valence-corrected chi connectivity index (χ0v) is 20.0. The van der Waals surface area contributed by atoms with Crippen LogP contribution < -0.4 is 4.74 Å². The number of unbranched alkanes of at least 4 members (excludes halogenated alkanes) is 5. The molecule has 32 heavy (non-hydrogen) atoms. The molecule has 0 unspecified atom stereocenters. The second kappa shape index (κ2) is 13.0. The molecule has 0 amide bonds. The normalized spacial score (nSPS) is 18.6. The summed E-state index contributed by atoms with van der Waals surface area (Å²) in [6.07, 6.45) is 14.6. The predicted octanol–water partition coefficient (Wildman–Crippen LogP) is 9.44. The van der Waals surface area contributed by atoms with E-state index in [1.807, 2.05) is 12.1 Å². The molecular weight excluding hydrogens is 402 g/mol. The van der Waals surface area contributed by atoms with Gasteiger partial charge in [0.1, 0.15) is 0 Å². The first-order chi connectivity index (χ1) is 15.6. The molecule has 0 spiro atoms. The molecule has 1 aliphatic carbocycles. The Labute approximate surface area is 193 Å². The topological polar surface area (TPSA) is 9.23 Å².